The third-order valence-electron chi connectivity index (χ3n) is 4.63. The number of halogens is 1. The minimum Gasteiger partial charge on any atom is -0.379 e. The van der Waals surface area contributed by atoms with Crippen molar-refractivity contribution in [1.82, 2.24) is 10.2 Å². The van der Waals surface area contributed by atoms with Crippen molar-refractivity contribution in [2.24, 2.45) is 0 Å². The monoisotopic (exact) mass is 292 g/mol. The highest BCUT2D eigenvalue weighted by molar-refractivity contribution is 5.89. The minimum atomic E-state index is -0.568. The standard InChI is InChI=1S/C16H21FN2O2/c1-3-16(2)15(20)19(13-8-9-21-10-13)14(18-16)11-4-6-12(17)7-5-11/h4-7,13-14,18H,3,8-10H2,1-2H3. The predicted octanol–water partition coefficient (Wildman–Crippen LogP) is 2.21. The van der Waals surface area contributed by atoms with Gasteiger partial charge in [-0.3, -0.25) is 10.1 Å². The molecule has 3 atom stereocenters. The van der Waals surface area contributed by atoms with Crippen molar-refractivity contribution in [1.29, 1.82) is 0 Å². The number of amides is 1. The van der Waals surface area contributed by atoms with Gasteiger partial charge in [0.1, 0.15) is 12.0 Å². The largest absolute Gasteiger partial charge is 0.379 e. The molecule has 1 aromatic carbocycles. The van der Waals surface area contributed by atoms with E-state index in [-0.39, 0.29) is 23.9 Å². The number of carbonyl (C=O) groups excluding carboxylic acids is 1. The van der Waals surface area contributed by atoms with Gasteiger partial charge in [0.25, 0.3) is 0 Å². The number of rotatable bonds is 3. The normalized spacial score (nSPS) is 32.9. The van der Waals surface area contributed by atoms with Crippen LogP contribution in [0.5, 0.6) is 0 Å². The minimum absolute atomic E-state index is 0.0911. The van der Waals surface area contributed by atoms with E-state index in [2.05, 4.69) is 5.32 Å². The predicted molar refractivity (Wildman–Crippen MR) is 77.0 cm³/mol. The Bertz CT molecular complexity index is 528. The highest BCUT2D eigenvalue weighted by atomic mass is 19.1. The summed E-state index contributed by atoms with van der Waals surface area (Å²) in [7, 11) is 0. The van der Waals surface area contributed by atoms with Gasteiger partial charge in [-0.2, -0.15) is 0 Å². The summed E-state index contributed by atoms with van der Waals surface area (Å²) >= 11 is 0. The zero-order chi connectivity index (χ0) is 15.0. The topological polar surface area (TPSA) is 41.6 Å². The summed E-state index contributed by atoms with van der Waals surface area (Å²) in [6, 6.07) is 6.45. The molecule has 5 heteroatoms. The summed E-state index contributed by atoms with van der Waals surface area (Å²) in [5, 5.41) is 3.43. The van der Waals surface area contributed by atoms with Crippen molar-refractivity contribution < 1.29 is 13.9 Å². The van der Waals surface area contributed by atoms with Crippen molar-refractivity contribution in [2.45, 2.75) is 44.4 Å². The maximum absolute atomic E-state index is 13.1. The van der Waals surface area contributed by atoms with Crippen LogP contribution in [0.25, 0.3) is 0 Å². The Balaban J connectivity index is 1.95. The maximum Gasteiger partial charge on any atom is 0.244 e. The fourth-order valence-corrected chi connectivity index (χ4v) is 3.10. The highest BCUT2D eigenvalue weighted by Crippen LogP contribution is 2.36. The summed E-state index contributed by atoms with van der Waals surface area (Å²) in [6.07, 6.45) is 1.35. The molecule has 0 bridgehead atoms. The Morgan fingerprint density at radius 3 is 2.71 bits per heavy atom. The van der Waals surface area contributed by atoms with Crippen LogP contribution in [0.4, 0.5) is 4.39 Å². The van der Waals surface area contributed by atoms with Crippen LogP contribution in [0.15, 0.2) is 24.3 Å². The molecule has 3 rings (SSSR count). The zero-order valence-corrected chi connectivity index (χ0v) is 12.4. The molecule has 2 heterocycles. The van der Waals surface area contributed by atoms with Crippen LogP contribution in [0.2, 0.25) is 0 Å². The smallest absolute Gasteiger partial charge is 0.244 e. The summed E-state index contributed by atoms with van der Waals surface area (Å²) < 4.78 is 18.6. The first kappa shape index (κ1) is 14.5. The lowest BCUT2D eigenvalue weighted by molar-refractivity contribution is -0.135. The fraction of sp³-hybridized carbons (Fsp3) is 0.562. The lowest BCUT2D eigenvalue weighted by atomic mass is 9.99. The van der Waals surface area contributed by atoms with Crippen LogP contribution in [-0.4, -0.2) is 35.6 Å². The lowest BCUT2D eigenvalue weighted by Gasteiger charge is -2.29. The van der Waals surface area contributed by atoms with Crippen molar-refractivity contribution in [3.63, 3.8) is 0 Å². The van der Waals surface area contributed by atoms with E-state index >= 15 is 0 Å². The molecule has 4 nitrogen and oxygen atoms in total. The second-order valence-corrected chi connectivity index (χ2v) is 6.01. The van der Waals surface area contributed by atoms with Crippen LogP contribution in [-0.2, 0) is 9.53 Å². The molecule has 2 saturated heterocycles. The fourth-order valence-electron chi connectivity index (χ4n) is 3.10. The first-order valence-electron chi connectivity index (χ1n) is 7.49. The van der Waals surface area contributed by atoms with Crippen molar-refractivity contribution >= 4 is 5.91 Å². The van der Waals surface area contributed by atoms with E-state index in [1.807, 2.05) is 18.7 Å². The Hall–Kier alpha value is -1.46. The van der Waals surface area contributed by atoms with Gasteiger partial charge in [0.2, 0.25) is 5.91 Å². The molecule has 1 aromatic rings. The van der Waals surface area contributed by atoms with Gasteiger partial charge in [-0.05, 0) is 37.5 Å². The Kier molecular flexibility index (Phi) is 3.71. The molecule has 1 amide bonds. The van der Waals surface area contributed by atoms with Gasteiger partial charge in [-0.1, -0.05) is 19.1 Å². The van der Waals surface area contributed by atoms with Crippen LogP contribution >= 0.6 is 0 Å². The molecule has 114 valence electrons. The van der Waals surface area contributed by atoms with E-state index < -0.39 is 5.54 Å². The number of hydrogen-bond acceptors (Lipinski definition) is 3. The van der Waals surface area contributed by atoms with E-state index in [0.717, 1.165) is 12.0 Å². The van der Waals surface area contributed by atoms with E-state index in [1.54, 1.807) is 12.1 Å². The third-order valence-corrected chi connectivity index (χ3v) is 4.63. The molecule has 0 aliphatic carbocycles. The van der Waals surface area contributed by atoms with Gasteiger partial charge in [0.05, 0.1) is 18.2 Å². The second kappa shape index (κ2) is 5.39. The Labute approximate surface area is 124 Å². The molecular formula is C16H21FN2O2. The maximum atomic E-state index is 13.1. The molecule has 2 aliphatic rings. The summed E-state index contributed by atoms with van der Waals surface area (Å²) in [5.41, 5.74) is 0.343. The average molecular weight is 292 g/mol. The van der Waals surface area contributed by atoms with E-state index in [4.69, 9.17) is 4.74 Å². The molecule has 3 unspecified atom stereocenters. The van der Waals surface area contributed by atoms with Gasteiger partial charge in [0.15, 0.2) is 0 Å². The molecule has 0 spiro atoms. The first-order valence-corrected chi connectivity index (χ1v) is 7.49. The number of nitrogens with one attached hydrogen (secondary N) is 1. The number of carbonyl (C=O) groups is 1. The first-order chi connectivity index (χ1) is 10.0. The molecular weight excluding hydrogens is 271 g/mol. The molecule has 2 fully saturated rings. The van der Waals surface area contributed by atoms with Crippen LogP contribution in [0, 0.1) is 5.82 Å². The summed E-state index contributed by atoms with van der Waals surface area (Å²) in [4.78, 5) is 14.7. The zero-order valence-electron chi connectivity index (χ0n) is 12.4. The number of nitrogens with zero attached hydrogens (tertiary/aromatic N) is 1. The Morgan fingerprint density at radius 1 is 1.43 bits per heavy atom. The molecule has 21 heavy (non-hydrogen) atoms. The van der Waals surface area contributed by atoms with Gasteiger partial charge < -0.3 is 9.64 Å². The van der Waals surface area contributed by atoms with Crippen molar-refractivity contribution in [3.05, 3.63) is 35.6 Å². The van der Waals surface area contributed by atoms with Crippen molar-refractivity contribution in [2.75, 3.05) is 13.2 Å². The lowest BCUT2D eigenvalue weighted by Crippen LogP contribution is -2.45. The van der Waals surface area contributed by atoms with Crippen molar-refractivity contribution in [3.8, 4) is 0 Å². The second-order valence-electron chi connectivity index (χ2n) is 6.01. The number of benzene rings is 1. The third kappa shape index (κ3) is 2.45. The summed E-state index contributed by atoms with van der Waals surface area (Å²) in [5.74, 6) is -0.160. The number of ether oxygens (including phenoxy) is 1. The van der Waals surface area contributed by atoms with E-state index in [9.17, 15) is 9.18 Å². The average Bonchev–Trinajstić information content (AvgIpc) is 3.08. The SMILES string of the molecule is CCC1(C)NC(c2ccc(F)cc2)N(C2CCOC2)C1=O. The van der Waals surface area contributed by atoms with E-state index in [1.165, 1.54) is 12.1 Å². The van der Waals surface area contributed by atoms with Gasteiger partial charge in [-0.15, -0.1) is 0 Å². The van der Waals surface area contributed by atoms with Gasteiger partial charge in [-0.25, -0.2) is 4.39 Å². The van der Waals surface area contributed by atoms with Gasteiger partial charge >= 0.3 is 0 Å². The molecule has 0 aromatic heterocycles. The van der Waals surface area contributed by atoms with Crippen LogP contribution in [0.3, 0.4) is 0 Å². The van der Waals surface area contributed by atoms with Gasteiger partial charge in [0, 0.05) is 6.61 Å². The molecule has 2 aliphatic heterocycles. The number of hydrogen-bond donors (Lipinski definition) is 1. The van der Waals surface area contributed by atoms with E-state index in [0.29, 0.717) is 19.6 Å². The summed E-state index contributed by atoms with van der Waals surface area (Å²) in [6.45, 7) is 5.20. The Morgan fingerprint density at radius 2 is 2.14 bits per heavy atom. The molecule has 0 radical (unpaired) electrons. The quantitative estimate of drug-likeness (QED) is 0.929. The van der Waals surface area contributed by atoms with Crippen LogP contribution < -0.4 is 5.32 Å². The molecule has 0 saturated carbocycles. The highest BCUT2D eigenvalue weighted by Gasteiger charge is 2.50. The molecule has 1 N–H and O–H groups in total. The van der Waals surface area contributed by atoms with Crippen LogP contribution in [0.1, 0.15) is 38.4 Å².